The molecular weight excluding hydrogens is 380 g/mol. The second-order valence-corrected chi connectivity index (χ2v) is 7.19. The predicted octanol–water partition coefficient (Wildman–Crippen LogP) is 3.40. The first-order valence-corrected chi connectivity index (χ1v) is 8.97. The van der Waals surface area contributed by atoms with E-state index in [2.05, 4.69) is 29.8 Å². The van der Waals surface area contributed by atoms with Crippen LogP contribution < -0.4 is 0 Å². The second-order valence-electron chi connectivity index (χ2n) is 7.19. The maximum Gasteiger partial charge on any atom is 3.00 e. The Hall–Kier alpha value is -2.29. The van der Waals surface area contributed by atoms with E-state index in [4.69, 9.17) is 14.5 Å². The van der Waals surface area contributed by atoms with Gasteiger partial charge in [0.05, 0.1) is 30.2 Å². The number of ether oxygens (including phenoxy) is 2. The average molecular weight is 400 g/mol. The average Bonchev–Trinajstić information content (AvgIpc) is 3.06. The fourth-order valence-corrected chi connectivity index (χ4v) is 4.49. The zero-order valence-electron chi connectivity index (χ0n) is 15.2. The molecule has 0 fully saturated rings. The van der Waals surface area contributed by atoms with Crippen LogP contribution in [0.25, 0.3) is 22.2 Å². The van der Waals surface area contributed by atoms with Crippen molar-refractivity contribution in [1.29, 1.82) is 0 Å². The molecule has 3 atom stereocenters. The molecule has 0 saturated heterocycles. The summed E-state index contributed by atoms with van der Waals surface area (Å²) in [6.07, 6.45) is 4.57. The van der Waals surface area contributed by atoms with Crippen LogP contribution in [0.3, 0.4) is 0 Å². The van der Waals surface area contributed by atoms with Gasteiger partial charge in [0.1, 0.15) is 6.10 Å². The van der Waals surface area contributed by atoms with Crippen molar-refractivity contribution in [3.63, 3.8) is 0 Å². The Morgan fingerprint density at radius 1 is 1.30 bits per heavy atom. The number of methoxy groups -OCH3 is 1. The van der Waals surface area contributed by atoms with E-state index in [1.54, 1.807) is 6.26 Å². The molecule has 0 unspecified atom stereocenters. The topological polar surface area (TPSA) is 53.4 Å². The first-order chi connectivity index (χ1) is 12.7. The molecule has 1 aromatic rings. The Balaban J connectivity index is 0.00000180. The Morgan fingerprint density at radius 2 is 2.11 bits per heavy atom. The Labute approximate surface area is 168 Å². The molecule has 1 radical (unpaired) electrons. The number of esters is 1. The zero-order chi connectivity index (χ0) is 17.8. The number of aromatic nitrogens is 2. The molecule has 6 heteroatoms. The van der Waals surface area contributed by atoms with Crippen molar-refractivity contribution < 1.29 is 31.6 Å². The van der Waals surface area contributed by atoms with Gasteiger partial charge in [0, 0.05) is 41.2 Å². The molecule has 0 N–H and O–H groups in total. The van der Waals surface area contributed by atoms with Crippen molar-refractivity contribution >= 4 is 16.9 Å². The summed E-state index contributed by atoms with van der Waals surface area (Å²) in [4.78, 5) is 17.1. The number of pyridine rings is 1. The first kappa shape index (κ1) is 18.1. The minimum absolute atomic E-state index is 0. The van der Waals surface area contributed by atoms with Crippen molar-refractivity contribution in [2.75, 3.05) is 7.11 Å². The normalized spacial score (nSPS) is 23.6. The van der Waals surface area contributed by atoms with Crippen LogP contribution in [0.5, 0.6) is 0 Å². The summed E-state index contributed by atoms with van der Waals surface area (Å²) in [7, 11) is 1.42. The molecule has 27 heavy (non-hydrogen) atoms. The van der Waals surface area contributed by atoms with E-state index in [1.165, 1.54) is 23.8 Å². The Bertz CT molecular complexity index is 1030. The van der Waals surface area contributed by atoms with Gasteiger partial charge in [-0.25, -0.2) is 9.78 Å². The van der Waals surface area contributed by atoms with Crippen LogP contribution in [0.1, 0.15) is 12.6 Å². The number of fused-ring (bicyclic) bond motifs is 6. The summed E-state index contributed by atoms with van der Waals surface area (Å²) in [5.41, 5.74) is 5.05. The summed E-state index contributed by atoms with van der Waals surface area (Å²) >= 11 is 0. The van der Waals surface area contributed by atoms with E-state index in [-0.39, 0.29) is 41.3 Å². The molecule has 4 aliphatic heterocycles. The summed E-state index contributed by atoms with van der Waals surface area (Å²) < 4.78 is 13.0. The van der Waals surface area contributed by atoms with Crippen LogP contribution in [-0.2, 0) is 44.6 Å². The van der Waals surface area contributed by atoms with Crippen molar-refractivity contribution in [2.45, 2.75) is 26.0 Å². The molecule has 0 bridgehead atoms. The van der Waals surface area contributed by atoms with E-state index in [1.807, 2.05) is 18.2 Å². The quantitative estimate of drug-likeness (QED) is 0.588. The molecular formula is C21H20CrN2O3+3. The minimum Gasteiger partial charge on any atom is -0.497 e. The van der Waals surface area contributed by atoms with Crippen molar-refractivity contribution in [1.82, 2.24) is 9.55 Å². The van der Waals surface area contributed by atoms with Gasteiger partial charge >= 0.3 is 23.3 Å². The SMILES string of the molecule is COC(=O)C1=CO[C@@H](C)[C@H]2Cn3ccc4c5ccccc5nc-4c3C[C@H]12.[Cr+3]. The van der Waals surface area contributed by atoms with Gasteiger partial charge in [-0.2, -0.15) is 0 Å². The fraction of sp³-hybridized carbons (Fsp3) is 0.333. The van der Waals surface area contributed by atoms with E-state index >= 15 is 0 Å². The molecule has 5 rings (SSSR count). The monoisotopic (exact) mass is 400 g/mol. The number of hydrogen-bond acceptors (Lipinski definition) is 4. The van der Waals surface area contributed by atoms with Gasteiger partial charge in [0.25, 0.3) is 0 Å². The minimum atomic E-state index is -0.298. The number of nitrogens with zero attached hydrogens (tertiary/aromatic N) is 2. The molecule has 1 aromatic carbocycles. The summed E-state index contributed by atoms with van der Waals surface area (Å²) in [6.45, 7) is 2.88. The molecule has 4 aliphatic rings. The van der Waals surface area contributed by atoms with E-state index < -0.39 is 0 Å². The van der Waals surface area contributed by atoms with Gasteiger partial charge in [-0.3, -0.25) is 0 Å². The number of rotatable bonds is 1. The van der Waals surface area contributed by atoms with Crippen LogP contribution >= 0.6 is 0 Å². The van der Waals surface area contributed by atoms with E-state index in [9.17, 15) is 4.79 Å². The summed E-state index contributed by atoms with van der Waals surface area (Å²) in [5.74, 6) is 0.0400. The van der Waals surface area contributed by atoms with E-state index in [0.717, 1.165) is 24.2 Å². The molecule has 5 nitrogen and oxygen atoms in total. The third-order valence-electron chi connectivity index (χ3n) is 5.89. The molecule has 0 aromatic heterocycles. The van der Waals surface area contributed by atoms with Crippen molar-refractivity contribution in [3.8, 4) is 11.3 Å². The largest absolute Gasteiger partial charge is 3.00 e. The maximum atomic E-state index is 12.3. The number of carbonyl (C=O) groups excluding carboxylic acids is 1. The zero-order valence-corrected chi connectivity index (χ0v) is 16.5. The molecule has 4 heterocycles. The van der Waals surface area contributed by atoms with Gasteiger partial charge in [0.2, 0.25) is 0 Å². The molecule has 0 saturated carbocycles. The Morgan fingerprint density at radius 3 is 2.93 bits per heavy atom. The number of para-hydroxylation sites is 1. The first-order valence-electron chi connectivity index (χ1n) is 8.97. The number of hydrogen-bond donors (Lipinski definition) is 0. The molecule has 135 valence electrons. The van der Waals surface area contributed by atoms with Crippen LogP contribution in [0.4, 0.5) is 0 Å². The number of carbonyl (C=O) groups is 1. The third kappa shape index (κ3) is 2.67. The third-order valence-corrected chi connectivity index (χ3v) is 5.89. The maximum absolute atomic E-state index is 12.3. The molecule has 0 spiro atoms. The van der Waals surface area contributed by atoms with Crippen molar-refractivity contribution in [3.05, 3.63) is 54.1 Å². The predicted molar refractivity (Wildman–Crippen MR) is 97.7 cm³/mol. The standard InChI is InChI=1S/C21H20N2O3.Cr/c1-12-16-10-23-8-7-14-13-5-3-4-6-18(13)22-20(14)19(23)9-15(16)17(11-26-12)21(24)25-2;/h3-8,11-12,15-16H,9-10H2,1-2H3;/q;+3/t12-,15-,16+;/m0./s1. The second kappa shape index (κ2) is 6.70. The van der Waals surface area contributed by atoms with Crippen LogP contribution in [0, 0.1) is 11.8 Å². The van der Waals surface area contributed by atoms with E-state index in [0.29, 0.717) is 5.57 Å². The van der Waals surface area contributed by atoms with Crippen molar-refractivity contribution in [2.24, 2.45) is 11.8 Å². The van der Waals surface area contributed by atoms with Gasteiger partial charge < -0.3 is 14.0 Å². The molecule has 0 amide bonds. The smallest absolute Gasteiger partial charge is 0.497 e. The van der Waals surface area contributed by atoms with Gasteiger partial charge in [-0.1, -0.05) is 18.2 Å². The fourth-order valence-electron chi connectivity index (χ4n) is 4.49. The summed E-state index contributed by atoms with van der Waals surface area (Å²) in [6, 6.07) is 10.4. The molecule has 0 aliphatic carbocycles. The van der Waals surface area contributed by atoms with Crippen LogP contribution in [-0.4, -0.2) is 28.7 Å². The van der Waals surface area contributed by atoms with Gasteiger partial charge in [0.15, 0.2) is 0 Å². The summed E-state index contributed by atoms with van der Waals surface area (Å²) in [5, 5.41) is 1.18. The van der Waals surface area contributed by atoms with Crippen LogP contribution in [0.2, 0.25) is 0 Å². The van der Waals surface area contributed by atoms with Crippen LogP contribution in [0.15, 0.2) is 48.4 Å². The van der Waals surface area contributed by atoms with Gasteiger partial charge in [-0.05, 0) is 25.5 Å². The number of benzene rings is 1. The Kier molecular flexibility index (Phi) is 4.49. The van der Waals surface area contributed by atoms with Gasteiger partial charge in [-0.15, -0.1) is 0 Å².